The van der Waals surface area contributed by atoms with Gasteiger partial charge in [0.05, 0.1) is 12.7 Å². The fraction of sp³-hybridized carbons (Fsp3) is 0.667. The predicted octanol–water partition coefficient (Wildman–Crippen LogP) is -1.19. The molecule has 1 unspecified atom stereocenters. The average molecular weight is 302 g/mol. The van der Waals surface area contributed by atoms with Crippen LogP contribution >= 0.6 is 0 Å². The molecule has 0 spiro atoms. The van der Waals surface area contributed by atoms with Gasteiger partial charge in [0.1, 0.15) is 18.9 Å². The second kappa shape index (κ2) is 6.39. The zero-order valence-electron chi connectivity index (χ0n) is 11.4. The Kier molecular flexibility index (Phi) is 4.78. The minimum absolute atomic E-state index is 0.184. The first-order chi connectivity index (χ1) is 9.92. The molecule has 2 aliphatic rings. The maximum absolute atomic E-state index is 12.0. The third-order valence-corrected chi connectivity index (χ3v) is 3.31. The summed E-state index contributed by atoms with van der Waals surface area (Å²) in [6.07, 6.45) is -1.40. The predicted molar refractivity (Wildman–Crippen MR) is 67.9 cm³/mol. The Morgan fingerprint density at radius 3 is 2.90 bits per heavy atom. The standard InChI is InChI=1S/C12H18N2O7/c1-6-3-14(9-2-7(16)8(4-15)21-9)12(19)13-11(6)20-5-10(17)18/h3,7-9,11,15-16H,2,4-5H2,1H3,(H,13,19)(H,17,18)/t7-,8+,9+,11?/m0/s1. The fourth-order valence-corrected chi connectivity index (χ4v) is 2.24. The number of carboxylic acid groups (broad SMARTS) is 1. The Bertz CT molecular complexity index is 453. The monoisotopic (exact) mass is 302 g/mol. The van der Waals surface area contributed by atoms with Gasteiger partial charge in [0.15, 0.2) is 6.23 Å². The zero-order valence-corrected chi connectivity index (χ0v) is 11.4. The van der Waals surface area contributed by atoms with Crippen LogP contribution < -0.4 is 5.32 Å². The number of carbonyl (C=O) groups excluding carboxylic acids is 1. The first-order valence-electron chi connectivity index (χ1n) is 6.47. The van der Waals surface area contributed by atoms with Crippen molar-refractivity contribution in [1.82, 2.24) is 10.2 Å². The molecule has 21 heavy (non-hydrogen) atoms. The lowest BCUT2D eigenvalue weighted by Gasteiger charge is -2.33. The molecular formula is C12H18N2O7. The van der Waals surface area contributed by atoms with E-state index in [4.69, 9.17) is 19.7 Å². The SMILES string of the molecule is CC1=CN([C@H]2C[C@H](O)[C@@H](CO)O2)C(=O)NC1OCC(=O)O. The van der Waals surface area contributed by atoms with Gasteiger partial charge >= 0.3 is 12.0 Å². The number of hydrogen-bond donors (Lipinski definition) is 4. The minimum atomic E-state index is -1.13. The molecule has 1 fully saturated rings. The second-order valence-corrected chi connectivity index (χ2v) is 4.93. The Morgan fingerprint density at radius 2 is 2.33 bits per heavy atom. The van der Waals surface area contributed by atoms with Gasteiger partial charge in [-0.1, -0.05) is 0 Å². The highest BCUT2D eigenvalue weighted by molar-refractivity contribution is 5.77. The van der Waals surface area contributed by atoms with E-state index < -0.39 is 43.3 Å². The highest BCUT2D eigenvalue weighted by Crippen LogP contribution is 2.26. The third kappa shape index (κ3) is 3.50. The fourth-order valence-electron chi connectivity index (χ4n) is 2.24. The molecule has 0 radical (unpaired) electrons. The largest absolute Gasteiger partial charge is 0.480 e. The average Bonchev–Trinajstić information content (AvgIpc) is 2.80. The quantitative estimate of drug-likeness (QED) is 0.502. The van der Waals surface area contributed by atoms with Crippen LogP contribution in [0.2, 0.25) is 0 Å². The van der Waals surface area contributed by atoms with Crippen LogP contribution in [-0.2, 0) is 14.3 Å². The number of carboxylic acids is 1. The van der Waals surface area contributed by atoms with Gasteiger partial charge < -0.3 is 30.1 Å². The highest BCUT2D eigenvalue weighted by Gasteiger charge is 2.40. The zero-order chi connectivity index (χ0) is 15.6. The number of urea groups is 1. The molecule has 2 heterocycles. The lowest BCUT2D eigenvalue weighted by Crippen LogP contribution is -2.52. The molecular weight excluding hydrogens is 284 g/mol. The molecule has 9 heteroatoms. The number of aliphatic hydroxyl groups is 2. The molecule has 118 valence electrons. The summed E-state index contributed by atoms with van der Waals surface area (Å²) in [7, 11) is 0. The van der Waals surface area contributed by atoms with Crippen molar-refractivity contribution < 1.29 is 34.4 Å². The number of amides is 2. The van der Waals surface area contributed by atoms with Crippen LogP contribution in [0, 0.1) is 0 Å². The Morgan fingerprint density at radius 1 is 1.62 bits per heavy atom. The van der Waals surface area contributed by atoms with Crippen molar-refractivity contribution in [2.45, 2.75) is 38.0 Å². The highest BCUT2D eigenvalue weighted by atomic mass is 16.5. The molecule has 0 bridgehead atoms. The smallest absolute Gasteiger partial charge is 0.329 e. The summed E-state index contributed by atoms with van der Waals surface area (Å²) in [4.78, 5) is 23.7. The van der Waals surface area contributed by atoms with Crippen LogP contribution in [0.25, 0.3) is 0 Å². The topological polar surface area (TPSA) is 129 Å². The van der Waals surface area contributed by atoms with E-state index >= 15 is 0 Å². The van der Waals surface area contributed by atoms with Crippen molar-refractivity contribution >= 4 is 12.0 Å². The third-order valence-electron chi connectivity index (χ3n) is 3.31. The van der Waals surface area contributed by atoms with E-state index in [0.717, 1.165) is 0 Å². The van der Waals surface area contributed by atoms with Crippen LogP contribution in [0.3, 0.4) is 0 Å². The molecule has 2 amide bonds. The van der Waals surface area contributed by atoms with Crippen LogP contribution in [-0.4, -0.2) is 70.1 Å². The molecule has 2 aliphatic heterocycles. The molecule has 2 rings (SSSR count). The number of hydrogen-bond acceptors (Lipinski definition) is 6. The van der Waals surface area contributed by atoms with Gasteiger partial charge in [-0.2, -0.15) is 0 Å². The van der Waals surface area contributed by atoms with Gasteiger partial charge in [-0.25, -0.2) is 9.59 Å². The number of nitrogens with one attached hydrogen (secondary N) is 1. The van der Waals surface area contributed by atoms with E-state index in [-0.39, 0.29) is 13.0 Å². The molecule has 9 nitrogen and oxygen atoms in total. The van der Waals surface area contributed by atoms with Crippen molar-refractivity contribution in [2.24, 2.45) is 0 Å². The van der Waals surface area contributed by atoms with E-state index in [9.17, 15) is 14.7 Å². The van der Waals surface area contributed by atoms with E-state index in [2.05, 4.69) is 5.32 Å². The van der Waals surface area contributed by atoms with Crippen molar-refractivity contribution in [3.8, 4) is 0 Å². The Balaban J connectivity index is 2.03. The van der Waals surface area contributed by atoms with Gasteiger partial charge in [-0.05, 0) is 12.5 Å². The molecule has 0 aromatic rings. The number of aliphatic hydroxyl groups excluding tert-OH is 2. The van der Waals surface area contributed by atoms with Crippen molar-refractivity contribution in [2.75, 3.05) is 13.2 Å². The van der Waals surface area contributed by atoms with Crippen molar-refractivity contribution in [3.63, 3.8) is 0 Å². The van der Waals surface area contributed by atoms with E-state index in [1.807, 2.05) is 0 Å². The molecule has 0 aliphatic carbocycles. The summed E-state index contributed by atoms with van der Waals surface area (Å²) in [6.45, 7) is 0.815. The maximum atomic E-state index is 12.0. The number of rotatable bonds is 5. The molecule has 0 aromatic heterocycles. The van der Waals surface area contributed by atoms with Crippen LogP contribution in [0.5, 0.6) is 0 Å². The first kappa shape index (κ1) is 15.7. The van der Waals surface area contributed by atoms with Crippen LogP contribution in [0.1, 0.15) is 13.3 Å². The molecule has 0 aromatic carbocycles. The summed E-state index contributed by atoms with van der Waals surface area (Å²) in [5, 5.41) is 29.8. The normalized spacial score (nSPS) is 32.8. The summed E-state index contributed by atoms with van der Waals surface area (Å²) in [5.41, 5.74) is 0.599. The van der Waals surface area contributed by atoms with E-state index in [1.165, 1.54) is 11.1 Å². The van der Waals surface area contributed by atoms with E-state index in [0.29, 0.717) is 5.57 Å². The number of carbonyl (C=O) groups is 2. The Labute approximate surface area is 120 Å². The van der Waals surface area contributed by atoms with Crippen molar-refractivity contribution in [3.05, 3.63) is 11.8 Å². The van der Waals surface area contributed by atoms with Gasteiger partial charge in [0.25, 0.3) is 0 Å². The van der Waals surface area contributed by atoms with Crippen LogP contribution in [0.15, 0.2) is 11.8 Å². The number of nitrogens with zero attached hydrogens (tertiary/aromatic N) is 1. The molecule has 4 atom stereocenters. The first-order valence-corrected chi connectivity index (χ1v) is 6.47. The minimum Gasteiger partial charge on any atom is -0.480 e. The lowest BCUT2D eigenvalue weighted by atomic mass is 10.1. The van der Waals surface area contributed by atoms with Gasteiger partial charge in [-0.3, -0.25) is 4.90 Å². The van der Waals surface area contributed by atoms with Gasteiger partial charge in [0.2, 0.25) is 0 Å². The second-order valence-electron chi connectivity index (χ2n) is 4.93. The van der Waals surface area contributed by atoms with E-state index in [1.54, 1.807) is 6.92 Å². The Hall–Kier alpha value is -1.68. The summed E-state index contributed by atoms with van der Waals surface area (Å²) < 4.78 is 10.4. The summed E-state index contributed by atoms with van der Waals surface area (Å²) in [6, 6.07) is -0.522. The number of ether oxygens (including phenoxy) is 2. The molecule has 0 saturated carbocycles. The summed E-state index contributed by atoms with van der Waals surface area (Å²) in [5.74, 6) is -1.13. The number of aliphatic carboxylic acids is 1. The molecule has 1 saturated heterocycles. The molecule has 4 N–H and O–H groups in total. The van der Waals surface area contributed by atoms with Gasteiger partial charge in [-0.15, -0.1) is 0 Å². The van der Waals surface area contributed by atoms with Gasteiger partial charge in [0, 0.05) is 12.6 Å². The van der Waals surface area contributed by atoms with Crippen molar-refractivity contribution in [1.29, 1.82) is 0 Å². The lowest BCUT2D eigenvalue weighted by molar-refractivity contribution is -0.144. The maximum Gasteiger partial charge on any atom is 0.329 e. The summed E-state index contributed by atoms with van der Waals surface area (Å²) >= 11 is 0. The van der Waals surface area contributed by atoms with Crippen LogP contribution in [0.4, 0.5) is 4.79 Å².